The summed E-state index contributed by atoms with van der Waals surface area (Å²) in [7, 11) is 3.21. The Balaban J connectivity index is 3.21. The van der Waals surface area contributed by atoms with E-state index in [2.05, 4.69) is 4.84 Å². The molecule has 0 bridgehead atoms. The van der Waals surface area contributed by atoms with Crippen LogP contribution < -0.4 is 15.4 Å². The molecule has 0 fully saturated rings. The number of benzene rings is 1. The van der Waals surface area contributed by atoms with E-state index in [0.29, 0.717) is 12.4 Å². The van der Waals surface area contributed by atoms with Crippen molar-refractivity contribution in [2.75, 3.05) is 20.5 Å². The molecule has 0 atom stereocenters. The van der Waals surface area contributed by atoms with E-state index in [9.17, 15) is 0 Å². The Morgan fingerprint density at radius 2 is 1.87 bits per heavy atom. The van der Waals surface area contributed by atoms with Crippen LogP contribution in [0.1, 0.15) is 5.56 Å². The van der Waals surface area contributed by atoms with Crippen molar-refractivity contribution < 1.29 is 14.3 Å². The van der Waals surface area contributed by atoms with E-state index in [0.717, 1.165) is 16.2 Å². The molecular formula is C10H15NO3S. The van der Waals surface area contributed by atoms with E-state index in [1.165, 1.54) is 0 Å². The monoisotopic (exact) mass is 229 g/mol. The molecule has 0 saturated carbocycles. The lowest BCUT2D eigenvalue weighted by molar-refractivity contribution is 0.121. The van der Waals surface area contributed by atoms with Crippen LogP contribution in [-0.4, -0.2) is 20.5 Å². The Morgan fingerprint density at radius 1 is 1.20 bits per heavy atom. The summed E-state index contributed by atoms with van der Waals surface area (Å²) in [6.45, 7) is 0.300. The molecule has 0 aliphatic rings. The first-order chi connectivity index (χ1) is 7.28. The number of hydrogen-bond acceptors (Lipinski definition) is 5. The van der Waals surface area contributed by atoms with Gasteiger partial charge >= 0.3 is 0 Å². The molecule has 15 heavy (non-hydrogen) atoms. The van der Waals surface area contributed by atoms with Gasteiger partial charge in [-0.25, -0.2) is 5.90 Å². The van der Waals surface area contributed by atoms with E-state index in [1.807, 2.05) is 18.4 Å². The lowest BCUT2D eigenvalue weighted by Gasteiger charge is -2.14. The Bertz CT molecular complexity index is 331. The molecule has 1 aromatic carbocycles. The number of nitrogens with two attached hydrogens (primary N) is 1. The van der Waals surface area contributed by atoms with Crippen LogP contribution in [0.3, 0.4) is 0 Å². The molecule has 0 aliphatic carbocycles. The molecule has 0 unspecified atom stereocenters. The van der Waals surface area contributed by atoms with Crippen molar-refractivity contribution in [3.63, 3.8) is 0 Å². The van der Waals surface area contributed by atoms with Gasteiger partial charge in [0, 0.05) is 5.56 Å². The first-order valence-corrected chi connectivity index (χ1v) is 5.60. The summed E-state index contributed by atoms with van der Waals surface area (Å²) in [5, 5.41) is 0. The van der Waals surface area contributed by atoms with Crippen molar-refractivity contribution >= 4 is 11.8 Å². The van der Waals surface area contributed by atoms with Gasteiger partial charge in [0.05, 0.1) is 25.7 Å². The molecule has 2 N–H and O–H groups in total. The molecule has 1 aromatic rings. The highest BCUT2D eigenvalue weighted by molar-refractivity contribution is 7.98. The van der Waals surface area contributed by atoms with Gasteiger partial charge in [-0.05, 0) is 12.3 Å². The van der Waals surface area contributed by atoms with E-state index in [-0.39, 0.29) is 0 Å². The number of methoxy groups -OCH3 is 2. The van der Waals surface area contributed by atoms with Crippen molar-refractivity contribution in [1.82, 2.24) is 0 Å². The van der Waals surface area contributed by atoms with Crippen molar-refractivity contribution in [2.45, 2.75) is 11.5 Å². The SMILES string of the molecule is COc1c(CON)ccc(SC)c1OC. The second-order valence-corrected chi connectivity index (χ2v) is 3.65. The van der Waals surface area contributed by atoms with Gasteiger partial charge in [-0.3, -0.25) is 4.84 Å². The van der Waals surface area contributed by atoms with Gasteiger partial charge in [0.15, 0.2) is 11.5 Å². The molecular weight excluding hydrogens is 214 g/mol. The third-order valence-electron chi connectivity index (χ3n) is 2.02. The van der Waals surface area contributed by atoms with Crippen molar-refractivity contribution in [3.8, 4) is 11.5 Å². The minimum atomic E-state index is 0.300. The highest BCUT2D eigenvalue weighted by Gasteiger charge is 2.14. The van der Waals surface area contributed by atoms with Crippen LogP contribution in [0.5, 0.6) is 11.5 Å². The van der Waals surface area contributed by atoms with Crippen molar-refractivity contribution in [1.29, 1.82) is 0 Å². The molecule has 84 valence electrons. The van der Waals surface area contributed by atoms with Gasteiger partial charge in [-0.1, -0.05) is 6.07 Å². The minimum Gasteiger partial charge on any atom is -0.492 e. The quantitative estimate of drug-likeness (QED) is 0.616. The van der Waals surface area contributed by atoms with Gasteiger partial charge in [-0.2, -0.15) is 0 Å². The standard InChI is InChI=1S/C10H15NO3S/c1-12-9-7(6-14-11)4-5-8(15-3)10(9)13-2/h4-5H,6,11H2,1-3H3. The fourth-order valence-electron chi connectivity index (χ4n) is 1.37. The number of ether oxygens (including phenoxy) is 2. The van der Waals surface area contributed by atoms with Crippen LogP contribution in [-0.2, 0) is 11.4 Å². The Kier molecular flexibility index (Phi) is 4.74. The Hall–Kier alpha value is -0.910. The zero-order valence-corrected chi connectivity index (χ0v) is 9.89. The Morgan fingerprint density at radius 3 is 2.33 bits per heavy atom. The second-order valence-electron chi connectivity index (χ2n) is 2.80. The zero-order chi connectivity index (χ0) is 11.3. The van der Waals surface area contributed by atoms with E-state index < -0.39 is 0 Å². The molecule has 0 amide bonds. The number of rotatable bonds is 5. The second kappa shape index (κ2) is 5.85. The Labute approximate surface area is 93.6 Å². The van der Waals surface area contributed by atoms with Crippen LogP contribution in [0.15, 0.2) is 17.0 Å². The fourth-order valence-corrected chi connectivity index (χ4v) is 1.93. The molecule has 4 nitrogen and oxygen atoms in total. The predicted molar refractivity (Wildman–Crippen MR) is 60.3 cm³/mol. The molecule has 0 radical (unpaired) electrons. The molecule has 1 rings (SSSR count). The maximum atomic E-state index is 5.30. The van der Waals surface area contributed by atoms with E-state index in [1.54, 1.807) is 26.0 Å². The van der Waals surface area contributed by atoms with Crippen LogP contribution in [0.2, 0.25) is 0 Å². The smallest absolute Gasteiger partial charge is 0.174 e. The van der Waals surface area contributed by atoms with Crippen LogP contribution >= 0.6 is 11.8 Å². The lowest BCUT2D eigenvalue weighted by atomic mass is 10.2. The first-order valence-electron chi connectivity index (χ1n) is 4.38. The lowest BCUT2D eigenvalue weighted by Crippen LogP contribution is -2.03. The highest BCUT2D eigenvalue weighted by Crippen LogP contribution is 2.39. The third-order valence-corrected chi connectivity index (χ3v) is 2.79. The van der Waals surface area contributed by atoms with E-state index in [4.69, 9.17) is 15.4 Å². The van der Waals surface area contributed by atoms with Crippen LogP contribution in [0, 0.1) is 0 Å². The summed E-state index contributed by atoms with van der Waals surface area (Å²) in [4.78, 5) is 5.62. The van der Waals surface area contributed by atoms with Gasteiger partial charge in [0.25, 0.3) is 0 Å². The largest absolute Gasteiger partial charge is 0.492 e. The molecule has 0 saturated heterocycles. The number of thioether (sulfide) groups is 1. The predicted octanol–water partition coefficient (Wildman–Crippen LogP) is 1.82. The third kappa shape index (κ3) is 2.56. The van der Waals surface area contributed by atoms with Crippen LogP contribution in [0.25, 0.3) is 0 Å². The van der Waals surface area contributed by atoms with Crippen LogP contribution in [0.4, 0.5) is 0 Å². The maximum absolute atomic E-state index is 5.30. The average molecular weight is 229 g/mol. The minimum absolute atomic E-state index is 0.300. The summed E-state index contributed by atoms with van der Waals surface area (Å²) in [6, 6.07) is 3.88. The molecule has 0 aromatic heterocycles. The summed E-state index contributed by atoms with van der Waals surface area (Å²) >= 11 is 1.60. The molecule has 0 heterocycles. The van der Waals surface area contributed by atoms with Crippen molar-refractivity contribution in [3.05, 3.63) is 17.7 Å². The molecule has 0 aliphatic heterocycles. The number of hydrogen-bond donors (Lipinski definition) is 1. The highest BCUT2D eigenvalue weighted by atomic mass is 32.2. The summed E-state index contributed by atoms with van der Waals surface area (Å²) in [6.07, 6.45) is 1.98. The normalized spacial score (nSPS) is 10.1. The average Bonchev–Trinajstić information content (AvgIpc) is 2.28. The molecule has 0 spiro atoms. The topological polar surface area (TPSA) is 53.7 Å². The van der Waals surface area contributed by atoms with E-state index >= 15 is 0 Å². The molecule has 5 heteroatoms. The van der Waals surface area contributed by atoms with Gasteiger partial charge in [0.2, 0.25) is 0 Å². The first kappa shape index (κ1) is 12.2. The summed E-state index contributed by atoms with van der Waals surface area (Å²) in [5.74, 6) is 6.44. The van der Waals surface area contributed by atoms with Crippen molar-refractivity contribution in [2.24, 2.45) is 5.90 Å². The van der Waals surface area contributed by atoms with Gasteiger partial charge in [-0.15, -0.1) is 11.8 Å². The fraction of sp³-hybridized carbons (Fsp3) is 0.400. The summed E-state index contributed by atoms with van der Waals surface area (Å²) < 4.78 is 10.6. The maximum Gasteiger partial charge on any atom is 0.174 e. The summed E-state index contributed by atoms with van der Waals surface area (Å²) in [5.41, 5.74) is 0.870. The van der Waals surface area contributed by atoms with Gasteiger partial charge in [0.1, 0.15) is 0 Å². The zero-order valence-electron chi connectivity index (χ0n) is 9.07. The van der Waals surface area contributed by atoms with Gasteiger partial charge < -0.3 is 9.47 Å².